The fourth-order valence-electron chi connectivity index (χ4n) is 1.84. The van der Waals surface area contributed by atoms with Crippen molar-refractivity contribution in [3.8, 4) is 5.75 Å². The molecule has 0 aliphatic rings. The van der Waals surface area contributed by atoms with Crippen LogP contribution in [0.25, 0.3) is 0 Å². The van der Waals surface area contributed by atoms with Crippen LogP contribution in [0.15, 0.2) is 16.6 Å². The van der Waals surface area contributed by atoms with Gasteiger partial charge in [0.2, 0.25) is 0 Å². The molecule has 2 unspecified atom stereocenters. The third-order valence-electron chi connectivity index (χ3n) is 2.81. The van der Waals surface area contributed by atoms with Gasteiger partial charge in [-0.25, -0.2) is 4.39 Å². The minimum absolute atomic E-state index is 0.165. The topological polar surface area (TPSA) is 9.23 Å². The highest BCUT2D eigenvalue weighted by atomic mass is 79.9. The van der Waals surface area contributed by atoms with Gasteiger partial charge in [0, 0.05) is 11.6 Å². The van der Waals surface area contributed by atoms with Crippen LogP contribution in [-0.4, -0.2) is 7.11 Å². The summed E-state index contributed by atoms with van der Waals surface area (Å²) in [7, 11) is 1.53. The Kier molecular flexibility index (Phi) is 5.74. The standard InChI is InChI=1S/C13H17BrClFO/c1-4-5-8(2)13(15)9-6-10(14)11(16)7-12(9)17-3/h6-8,13H,4-5H2,1-3H3. The van der Waals surface area contributed by atoms with Crippen LogP contribution in [0.3, 0.4) is 0 Å². The number of benzene rings is 1. The molecule has 4 heteroatoms. The fourth-order valence-corrected chi connectivity index (χ4v) is 2.50. The van der Waals surface area contributed by atoms with Crippen molar-refractivity contribution >= 4 is 27.5 Å². The Morgan fingerprint density at radius 2 is 2.12 bits per heavy atom. The summed E-state index contributed by atoms with van der Waals surface area (Å²) < 4.78 is 19.0. The lowest BCUT2D eigenvalue weighted by molar-refractivity contribution is 0.397. The summed E-state index contributed by atoms with van der Waals surface area (Å²) in [5.74, 6) is 0.499. The van der Waals surface area contributed by atoms with Crippen molar-refractivity contribution in [3.63, 3.8) is 0 Å². The lowest BCUT2D eigenvalue weighted by atomic mass is 9.95. The summed E-state index contributed by atoms with van der Waals surface area (Å²) in [5, 5.41) is -0.165. The number of hydrogen-bond acceptors (Lipinski definition) is 1. The Balaban J connectivity index is 3.07. The molecule has 0 amide bonds. The van der Waals surface area contributed by atoms with Gasteiger partial charge in [0.1, 0.15) is 11.6 Å². The van der Waals surface area contributed by atoms with E-state index in [2.05, 4.69) is 29.8 Å². The van der Waals surface area contributed by atoms with E-state index in [1.807, 2.05) is 0 Å². The first-order valence-electron chi connectivity index (χ1n) is 5.68. The molecule has 0 aliphatic heterocycles. The van der Waals surface area contributed by atoms with Crippen LogP contribution >= 0.6 is 27.5 Å². The van der Waals surface area contributed by atoms with E-state index in [4.69, 9.17) is 16.3 Å². The molecular formula is C13H17BrClFO. The quantitative estimate of drug-likeness (QED) is 0.667. The number of halogens is 3. The fraction of sp³-hybridized carbons (Fsp3) is 0.538. The van der Waals surface area contributed by atoms with E-state index in [1.54, 1.807) is 6.07 Å². The molecule has 96 valence electrons. The number of methoxy groups -OCH3 is 1. The van der Waals surface area contributed by atoms with Crippen molar-refractivity contribution in [1.29, 1.82) is 0 Å². The summed E-state index contributed by atoms with van der Waals surface area (Å²) in [6, 6.07) is 3.07. The molecule has 0 spiro atoms. The van der Waals surface area contributed by atoms with Crippen LogP contribution in [0.2, 0.25) is 0 Å². The molecule has 0 aliphatic carbocycles. The van der Waals surface area contributed by atoms with Gasteiger partial charge in [-0.05, 0) is 34.3 Å². The molecule has 0 saturated heterocycles. The minimum atomic E-state index is -0.336. The molecule has 1 aromatic rings. The van der Waals surface area contributed by atoms with E-state index in [9.17, 15) is 4.39 Å². The zero-order chi connectivity index (χ0) is 13.0. The molecule has 1 aromatic carbocycles. The van der Waals surface area contributed by atoms with Crippen molar-refractivity contribution in [3.05, 3.63) is 28.0 Å². The molecule has 17 heavy (non-hydrogen) atoms. The SMILES string of the molecule is CCCC(C)C(Cl)c1cc(Br)c(F)cc1OC. The average Bonchev–Trinajstić information content (AvgIpc) is 2.31. The molecule has 0 fully saturated rings. The van der Waals surface area contributed by atoms with Crippen LogP contribution in [0, 0.1) is 11.7 Å². The third-order valence-corrected chi connectivity index (χ3v) is 4.09. The third kappa shape index (κ3) is 3.59. The number of alkyl halides is 1. The highest BCUT2D eigenvalue weighted by Gasteiger charge is 2.21. The Bertz CT molecular complexity index is 384. The lowest BCUT2D eigenvalue weighted by Gasteiger charge is -2.20. The second-order valence-corrected chi connectivity index (χ2v) is 5.50. The Labute approximate surface area is 115 Å². The Hall–Kier alpha value is -0.280. The molecule has 1 rings (SSSR count). The van der Waals surface area contributed by atoms with Crippen LogP contribution in [-0.2, 0) is 0 Å². The van der Waals surface area contributed by atoms with Gasteiger partial charge in [-0.1, -0.05) is 20.3 Å². The predicted octanol–water partition coefficient (Wildman–Crippen LogP) is 5.31. The van der Waals surface area contributed by atoms with Crippen LogP contribution in [0.1, 0.15) is 37.6 Å². The van der Waals surface area contributed by atoms with Crippen molar-refractivity contribution in [1.82, 2.24) is 0 Å². The van der Waals surface area contributed by atoms with Crippen molar-refractivity contribution < 1.29 is 9.13 Å². The maximum absolute atomic E-state index is 13.4. The van der Waals surface area contributed by atoms with Crippen LogP contribution in [0.5, 0.6) is 5.75 Å². The Morgan fingerprint density at radius 1 is 1.47 bits per heavy atom. The molecule has 0 saturated carbocycles. The van der Waals surface area contributed by atoms with Gasteiger partial charge in [0.15, 0.2) is 0 Å². The van der Waals surface area contributed by atoms with Crippen LogP contribution in [0.4, 0.5) is 4.39 Å². The molecule has 1 nitrogen and oxygen atoms in total. The minimum Gasteiger partial charge on any atom is -0.496 e. The second-order valence-electron chi connectivity index (χ2n) is 4.18. The van der Waals surface area contributed by atoms with Crippen molar-refractivity contribution in [2.24, 2.45) is 5.92 Å². The highest BCUT2D eigenvalue weighted by Crippen LogP contribution is 2.39. The first kappa shape index (κ1) is 14.8. The number of ether oxygens (including phenoxy) is 1. The zero-order valence-corrected chi connectivity index (χ0v) is 12.6. The van der Waals surface area contributed by atoms with Crippen molar-refractivity contribution in [2.45, 2.75) is 32.1 Å². The van der Waals surface area contributed by atoms with E-state index in [0.717, 1.165) is 18.4 Å². The average molecular weight is 324 g/mol. The molecule has 0 bridgehead atoms. The second kappa shape index (κ2) is 6.60. The van der Waals surface area contributed by atoms with Gasteiger partial charge in [-0.15, -0.1) is 11.6 Å². The summed E-state index contributed by atoms with van der Waals surface area (Å²) in [6.07, 6.45) is 2.11. The summed E-state index contributed by atoms with van der Waals surface area (Å²) in [5.41, 5.74) is 0.836. The van der Waals surface area contributed by atoms with E-state index >= 15 is 0 Å². The van der Waals surface area contributed by atoms with Gasteiger partial charge < -0.3 is 4.74 Å². The van der Waals surface area contributed by atoms with E-state index in [0.29, 0.717) is 16.1 Å². The first-order chi connectivity index (χ1) is 8.01. The molecule has 2 atom stereocenters. The summed E-state index contributed by atoms with van der Waals surface area (Å²) in [6.45, 7) is 4.22. The van der Waals surface area contributed by atoms with E-state index in [-0.39, 0.29) is 11.2 Å². The summed E-state index contributed by atoms with van der Waals surface area (Å²) >= 11 is 9.60. The number of hydrogen-bond donors (Lipinski definition) is 0. The van der Waals surface area contributed by atoms with Gasteiger partial charge in [-0.3, -0.25) is 0 Å². The predicted molar refractivity (Wildman–Crippen MR) is 73.3 cm³/mol. The monoisotopic (exact) mass is 322 g/mol. The van der Waals surface area contributed by atoms with E-state index in [1.165, 1.54) is 13.2 Å². The molecule has 0 aromatic heterocycles. The van der Waals surface area contributed by atoms with Gasteiger partial charge in [0.25, 0.3) is 0 Å². The van der Waals surface area contributed by atoms with Crippen LogP contribution < -0.4 is 4.74 Å². The first-order valence-corrected chi connectivity index (χ1v) is 6.91. The number of rotatable bonds is 5. The molecule has 0 heterocycles. The maximum Gasteiger partial charge on any atom is 0.141 e. The normalized spacial score (nSPS) is 14.5. The largest absolute Gasteiger partial charge is 0.496 e. The van der Waals surface area contributed by atoms with Gasteiger partial charge >= 0.3 is 0 Å². The maximum atomic E-state index is 13.4. The molecule has 0 radical (unpaired) electrons. The summed E-state index contributed by atoms with van der Waals surface area (Å²) in [4.78, 5) is 0. The lowest BCUT2D eigenvalue weighted by Crippen LogP contribution is -2.06. The highest BCUT2D eigenvalue weighted by molar-refractivity contribution is 9.10. The Morgan fingerprint density at radius 3 is 2.65 bits per heavy atom. The van der Waals surface area contributed by atoms with Crippen molar-refractivity contribution in [2.75, 3.05) is 7.11 Å². The molecular weight excluding hydrogens is 306 g/mol. The van der Waals surface area contributed by atoms with Gasteiger partial charge in [0.05, 0.1) is 17.0 Å². The smallest absolute Gasteiger partial charge is 0.141 e. The van der Waals surface area contributed by atoms with E-state index < -0.39 is 0 Å². The zero-order valence-electron chi connectivity index (χ0n) is 10.3. The molecule has 0 N–H and O–H groups in total. The van der Waals surface area contributed by atoms with Gasteiger partial charge in [-0.2, -0.15) is 0 Å².